The number of likely N-dealkylation sites (tertiary alicyclic amines) is 1. The van der Waals surface area contributed by atoms with Gasteiger partial charge >= 0.3 is 5.97 Å². The Morgan fingerprint density at radius 1 is 1.33 bits per heavy atom. The number of amides is 1. The molecule has 3 rings (SSSR count). The molecular formula is C16H26N2O3. The summed E-state index contributed by atoms with van der Waals surface area (Å²) >= 11 is 0. The second kappa shape index (κ2) is 6.34. The number of carbonyl (C=O) groups is 2. The summed E-state index contributed by atoms with van der Waals surface area (Å²) in [6, 6.07) is 0.974. The van der Waals surface area contributed by atoms with Gasteiger partial charge in [0.05, 0.1) is 12.5 Å². The Morgan fingerprint density at radius 2 is 2.14 bits per heavy atom. The Hall–Kier alpha value is -1.10. The number of rotatable bonds is 6. The second-order valence-electron chi connectivity index (χ2n) is 6.68. The molecule has 2 aliphatic heterocycles. The van der Waals surface area contributed by atoms with Gasteiger partial charge in [-0.2, -0.15) is 0 Å². The maximum atomic E-state index is 11.8. The van der Waals surface area contributed by atoms with Gasteiger partial charge in [0.25, 0.3) is 0 Å². The van der Waals surface area contributed by atoms with E-state index in [2.05, 4.69) is 9.80 Å². The standard InChI is InChI=1S/C16H26N2O3/c1-12(19)18(14-4-5-14)11-15-3-2-8-17(15)9-6-13-7-10-21-16(13)20/h13-15H,2-11H2,1H3/t13-,15+/m0/s1. The molecule has 0 spiro atoms. The molecule has 0 aromatic heterocycles. The highest BCUT2D eigenvalue weighted by Crippen LogP contribution is 2.29. The molecule has 0 aromatic rings. The van der Waals surface area contributed by atoms with Crippen LogP contribution in [0.5, 0.6) is 0 Å². The zero-order chi connectivity index (χ0) is 14.8. The Kier molecular flexibility index (Phi) is 4.48. The normalized spacial score (nSPS) is 29.7. The highest BCUT2D eigenvalue weighted by molar-refractivity contribution is 5.74. The molecule has 0 bridgehead atoms. The molecule has 0 aromatic carbocycles. The summed E-state index contributed by atoms with van der Waals surface area (Å²) in [7, 11) is 0. The molecule has 1 amide bonds. The Labute approximate surface area is 126 Å². The average molecular weight is 294 g/mol. The lowest BCUT2D eigenvalue weighted by molar-refractivity contribution is -0.141. The molecule has 0 unspecified atom stereocenters. The van der Waals surface area contributed by atoms with Crippen molar-refractivity contribution in [3.63, 3.8) is 0 Å². The summed E-state index contributed by atoms with van der Waals surface area (Å²) < 4.78 is 5.03. The summed E-state index contributed by atoms with van der Waals surface area (Å²) in [4.78, 5) is 27.8. The third kappa shape index (κ3) is 3.57. The zero-order valence-corrected chi connectivity index (χ0v) is 12.9. The van der Waals surface area contributed by atoms with E-state index in [4.69, 9.17) is 4.74 Å². The minimum atomic E-state index is -0.0194. The van der Waals surface area contributed by atoms with Crippen molar-refractivity contribution >= 4 is 11.9 Å². The Morgan fingerprint density at radius 3 is 2.76 bits per heavy atom. The summed E-state index contributed by atoms with van der Waals surface area (Å²) in [5.41, 5.74) is 0. The average Bonchev–Trinajstić information content (AvgIpc) is 3.05. The lowest BCUT2D eigenvalue weighted by Crippen LogP contribution is -2.44. The van der Waals surface area contributed by atoms with E-state index in [1.54, 1.807) is 6.92 Å². The van der Waals surface area contributed by atoms with Crippen LogP contribution in [0.4, 0.5) is 0 Å². The van der Waals surface area contributed by atoms with Gasteiger partial charge in [-0.15, -0.1) is 0 Å². The maximum absolute atomic E-state index is 11.8. The zero-order valence-electron chi connectivity index (χ0n) is 12.9. The molecule has 0 N–H and O–H groups in total. The van der Waals surface area contributed by atoms with E-state index >= 15 is 0 Å². The highest BCUT2D eigenvalue weighted by atomic mass is 16.5. The van der Waals surface area contributed by atoms with Crippen molar-refractivity contribution in [3.05, 3.63) is 0 Å². The van der Waals surface area contributed by atoms with Crippen LogP contribution < -0.4 is 0 Å². The van der Waals surface area contributed by atoms with Crippen molar-refractivity contribution in [1.82, 2.24) is 9.80 Å². The van der Waals surface area contributed by atoms with Crippen molar-refractivity contribution in [2.24, 2.45) is 5.92 Å². The number of nitrogens with zero attached hydrogens (tertiary/aromatic N) is 2. The van der Waals surface area contributed by atoms with E-state index in [-0.39, 0.29) is 17.8 Å². The van der Waals surface area contributed by atoms with Gasteiger partial charge in [-0.05, 0) is 51.6 Å². The molecular weight excluding hydrogens is 268 g/mol. The van der Waals surface area contributed by atoms with Crippen molar-refractivity contribution in [3.8, 4) is 0 Å². The first-order valence-corrected chi connectivity index (χ1v) is 8.33. The summed E-state index contributed by atoms with van der Waals surface area (Å²) in [6.07, 6.45) is 6.49. The minimum absolute atomic E-state index is 0.0194. The van der Waals surface area contributed by atoms with Crippen molar-refractivity contribution < 1.29 is 14.3 Å². The molecule has 5 heteroatoms. The van der Waals surface area contributed by atoms with Crippen LogP contribution in [-0.2, 0) is 14.3 Å². The van der Waals surface area contributed by atoms with E-state index in [0.717, 1.165) is 32.5 Å². The number of carbonyl (C=O) groups excluding carboxylic acids is 2. The summed E-state index contributed by atoms with van der Waals surface area (Å²) in [5.74, 6) is 0.288. The van der Waals surface area contributed by atoms with E-state index in [9.17, 15) is 9.59 Å². The van der Waals surface area contributed by atoms with Crippen LogP contribution in [0, 0.1) is 5.92 Å². The third-order valence-electron chi connectivity index (χ3n) is 5.11. The third-order valence-corrected chi connectivity index (χ3v) is 5.11. The fourth-order valence-electron chi connectivity index (χ4n) is 3.67. The van der Waals surface area contributed by atoms with E-state index in [1.807, 2.05) is 0 Å². The van der Waals surface area contributed by atoms with Gasteiger partial charge in [0, 0.05) is 25.6 Å². The Balaban J connectivity index is 1.50. The van der Waals surface area contributed by atoms with Crippen molar-refractivity contribution in [2.75, 3.05) is 26.2 Å². The van der Waals surface area contributed by atoms with Gasteiger partial charge in [0.15, 0.2) is 0 Å². The van der Waals surface area contributed by atoms with Gasteiger partial charge in [-0.25, -0.2) is 0 Å². The fourth-order valence-corrected chi connectivity index (χ4v) is 3.67. The van der Waals surface area contributed by atoms with E-state index in [0.29, 0.717) is 18.7 Å². The summed E-state index contributed by atoms with van der Waals surface area (Å²) in [6.45, 7) is 5.21. The Bertz CT molecular complexity index is 408. The molecule has 5 nitrogen and oxygen atoms in total. The van der Waals surface area contributed by atoms with E-state index in [1.165, 1.54) is 25.7 Å². The van der Waals surface area contributed by atoms with Gasteiger partial charge in [0.1, 0.15) is 0 Å². The van der Waals surface area contributed by atoms with Gasteiger partial charge in [-0.3, -0.25) is 14.5 Å². The van der Waals surface area contributed by atoms with Crippen molar-refractivity contribution in [2.45, 2.75) is 57.5 Å². The van der Waals surface area contributed by atoms with Crippen LogP contribution in [-0.4, -0.2) is 60.0 Å². The molecule has 3 aliphatic rings. The minimum Gasteiger partial charge on any atom is -0.465 e. The van der Waals surface area contributed by atoms with Gasteiger partial charge in [-0.1, -0.05) is 0 Å². The number of hydrogen-bond acceptors (Lipinski definition) is 4. The van der Waals surface area contributed by atoms with E-state index < -0.39 is 0 Å². The van der Waals surface area contributed by atoms with Gasteiger partial charge < -0.3 is 9.64 Å². The first-order valence-electron chi connectivity index (χ1n) is 8.33. The first-order chi connectivity index (χ1) is 10.1. The summed E-state index contributed by atoms with van der Waals surface area (Å²) in [5, 5.41) is 0. The largest absolute Gasteiger partial charge is 0.465 e. The number of cyclic esters (lactones) is 1. The molecule has 3 fully saturated rings. The van der Waals surface area contributed by atoms with Crippen molar-refractivity contribution in [1.29, 1.82) is 0 Å². The molecule has 2 atom stereocenters. The number of ether oxygens (including phenoxy) is 1. The van der Waals surface area contributed by atoms with Crippen LogP contribution in [0.1, 0.15) is 45.4 Å². The lowest BCUT2D eigenvalue weighted by Gasteiger charge is -2.30. The molecule has 2 heterocycles. The van der Waals surface area contributed by atoms with Gasteiger partial charge in [0.2, 0.25) is 5.91 Å². The number of esters is 1. The first kappa shape index (κ1) is 14.8. The van der Waals surface area contributed by atoms with Crippen LogP contribution in [0.15, 0.2) is 0 Å². The second-order valence-corrected chi connectivity index (χ2v) is 6.68. The topological polar surface area (TPSA) is 49.9 Å². The van der Waals surface area contributed by atoms with Crippen LogP contribution >= 0.6 is 0 Å². The SMILES string of the molecule is CC(=O)N(C[C@H]1CCCN1CC[C@H]1CCOC1=O)C1CC1. The van der Waals surface area contributed by atoms with Crippen LogP contribution in [0.3, 0.4) is 0 Å². The predicted octanol–water partition coefficient (Wildman–Crippen LogP) is 1.41. The number of hydrogen-bond donors (Lipinski definition) is 0. The smallest absolute Gasteiger partial charge is 0.309 e. The molecule has 21 heavy (non-hydrogen) atoms. The monoisotopic (exact) mass is 294 g/mol. The fraction of sp³-hybridized carbons (Fsp3) is 0.875. The lowest BCUT2D eigenvalue weighted by atomic mass is 10.0. The maximum Gasteiger partial charge on any atom is 0.309 e. The molecule has 0 radical (unpaired) electrons. The van der Waals surface area contributed by atoms with Crippen LogP contribution in [0.2, 0.25) is 0 Å². The molecule has 118 valence electrons. The van der Waals surface area contributed by atoms with Crippen LogP contribution in [0.25, 0.3) is 0 Å². The quantitative estimate of drug-likeness (QED) is 0.695. The molecule has 2 saturated heterocycles. The molecule has 1 saturated carbocycles. The predicted molar refractivity (Wildman–Crippen MR) is 78.7 cm³/mol. The molecule has 1 aliphatic carbocycles. The highest BCUT2D eigenvalue weighted by Gasteiger charge is 2.35.